The minimum atomic E-state index is -0.434. The van der Waals surface area contributed by atoms with Gasteiger partial charge < -0.3 is 29.0 Å². The van der Waals surface area contributed by atoms with Gasteiger partial charge in [-0.25, -0.2) is 4.79 Å². The van der Waals surface area contributed by atoms with Crippen molar-refractivity contribution >= 4 is 6.09 Å². The molecule has 1 N–H and O–H groups in total. The Morgan fingerprint density at radius 3 is 2.63 bits per heavy atom. The Morgan fingerprint density at radius 2 is 2.00 bits per heavy atom. The van der Waals surface area contributed by atoms with Gasteiger partial charge in [-0.05, 0) is 0 Å². The molecule has 0 aliphatic carbocycles. The van der Waals surface area contributed by atoms with Crippen LogP contribution in [0, 0.1) is 0 Å². The van der Waals surface area contributed by atoms with Gasteiger partial charge in [0.1, 0.15) is 12.2 Å². The van der Waals surface area contributed by atoms with E-state index in [4.69, 9.17) is 23.7 Å². The zero-order valence-electron chi connectivity index (χ0n) is 11.1. The molecule has 0 saturated carbocycles. The van der Waals surface area contributed by atoms with E-state index in [0.717, 1.165) is 13.2 Å². The van der Waals surface area contributed by atoms with Gasteiger partial charge in [0.2, 0.25) is 0 Å². The average Bonchev–Trinajstić information content (AvgIpc) is 3.27. The number of hydrogen-bond acceptors (Lipinski definition) is 6. The highest BCUT2D eigenvalue weighted by molar-refractivity contribution is 5.66. The highest BCUT2D eigenvalue weighted by Crippen LogP contribution is 2.13. The molecule has 0 radical (unpaired) electrons. The first kappa shape index (κ1) is 14.5. The fraction of sp³-hybridized carbons (Fsp3) is 0.917. The zero-order chi connectivity index (χ0) is 13.5. The number of ether oxygens (including phenoxy) is 5. The Morgan fingerprint density at radius 1 is 1.32 bits per heavy atom. The van der Waals surface area contributed by atoms with Gasteiger partial charge in [-0.3, -0.25) is 0 Å². The van der Waals surface area contributed by atoms with Gasteiger partial charge in [-0.15, -0.1) is 0 Å². The molecule has 1 amide bonds. The van der Waals surface area contributed by atoms with Crippen molar-refractivity contribution in [2.24, 2.45) is 0 Å². The lowest BCUT2D eigenvalue weighted by Gasteiger charge is -2.17. The second kappa shape index (κ2) is 7.64. The molecule has 0 aromatic rings. The Bertz CT molecular complexity index is 279. The van der Waals surface area contributed by atoms with Crippen molar-refractivity contribution < 1.29 is 28.5 Å². The molecule has 2 fully saturated rings. The first-order valence-electron chi connectivity index (χ1n) is 6.55. The summed E-state index contributed by atoms with van der Waals surface area (Å²) in [5, 5.41) is 2.40. The quantitative estimate of drug-likeness (QED) is 0.562. The largest absolute Gasteiger partial charge is 0.449 e. The van der Waals surface area contributed by atoms with E-state index >= 15 is 0 Å². The number of amides is 1. The second-order valence-corrected chi connectivity index (χ2v) is 4.58. The van der Waals surface area contributed by atoms with Gasteiger partial charge in [-0.1, -0.05) is 0 Å². The molecule has 0 aromatic heterocycles. The predicted octanol–water partition coefficient (Wildman–Crippen LogP) is -0.0681. The van der Waals surface area contributed by atoms with Gasteiger partial charge in [0.25, 0.3) is 0 Å². The highest BCUT2D eigenvalue weighted by atomic mass is 16.6. The highest BCUT2D eigenvalue weighted by Gasteiger charge is 2.26. The number of epoxide rings is 2. The summed E-state index contributed by atoms with van der Waals surface area (Å²) in [5.74, 6) is 0. The van der Waals surface area contributed by atoms with Crippen molar-refractivity contribution in [2.45, 2.75) is 24.7 Å². The van der Waals surface area contributed by atoms with Crippen LogP contribution in [0.3, 0.4) is 0 Å². The van der Waals surface area contributed by atoms with Crippen LogP contribution in [0.25, 0.3) is 0 Å². The maximum Gasteiger partial charge on any atom is 0.406 e. The van der Waals surface area contributed by atoms with E-state index in [1.54, 1.807) is 0 Å². The summed E-state index contributed by atoms with van der Waals surface area (Å²) in [6.45, 7) is 3.48. The van der Waals surface area contributed by atoms with Gasteiger partial charge in [0, 0.05) is 13.5 Å². The lowest BCUT2D eigenvalue weighted by Crippen LogP contribution is -2.27. The third kappa shape index (κ3) is 6.72. The molecule has 2 aliphatic rings. The standard InChI is InChI=1S/C12H21NO6/c1-13-12(14)16-3-2-9(17-7-11-8-19-11)4-15-5-10-6-18-10/h9-11H,2-8H2,1H3,(H,13,14). The van der Waals surface area contributed by atoms with Crippen LogP contribution in [0.4, 0.5) is 4.79 Å². The van der Waals surface area contributed by atoms with Gasteiger partial charge >= 0.3 is 6.09 Å². The van der Waals surface area contributed by atoms with Gasteiger partial charge in [0.15, 0.2) is 0 Å². The molecule has 19 heavy (non-hydrogen) atoms. The zero-order valence-corrected chi connectivity index (χ0v) is 11.1. The van der Waals surface area contributed by atoms with Crippen LogP contribution in [-0.4, -0.2) is 71.1 Å². The van der Waals surface area contributed by atoms with Crippen molar-refractivity contribution in [1.29, 1.82) is 0 Å². The molecule has 7 heteroatoms. The van der Waals surface area contributed by atoms with Crippen LogP contribution in [0.2, 0.25) is 0 Å². The van der Waals surface area contributed by atoms with E-state index in [0.29, 0.717) is 32.8 Å². The van der Waals surface area contributed by atoms with Crippen LogP contribution >= 0.6 is 0 Å². The minimum absolute atomic E-state index is 0.0902. The summed E-state index contributed by atoms with van der Waals surface area (Å²) in [4.78, 5) is 10.9. The lowest BCUT2D eigenvalue weighted by molar-refractivity contribution is -0.0347. The molecule has 2 heterocycles. The topological polar surface area (TPSA) is 81.9 Å². The normalized spacial score (nSPS) is 25.7. The summed E-state index contributed by atoms with van der Waals surface area (Å²) >= 11 is 0. The minimum Gasteiger partial charge on any atom is -0.449 e. The second-order valence-electron chi connectivity index (χ2n) is 4.58. The van der Waals surface area contributed by atoms with Crippen molar-refractivity contribution in [3.63, 3.8) is 0 Å². The van der Waals surface area contributed by atoms with E-state index < -0.39 is 6.09 Å². The number of carbonyl (C=O) groups is 1. The molecule has 2 rings (SSSR count). The van der Waals surface area contributed by atoms with E-state index in [-0.39, 0.29) is 18.3 Å². The van der Waals surface area contributed by atoms with Gasteiger partial charge in [-0.2, -0.15) is 0 Å². The average molecular weight is 275 g/mol. The Kier molecular flexibility index (Phi) is 5.84. The Balaban J connectivity index is 1.57. The van der Waals surface area contributed by atoms with Crippen LogP contribution in [-0.2, 0) is 23.7 Å². The smallest absolute Gasteiger partial charge is 0.406 e. The molecule has 0 aromatic carbocycles. The lowest BCUT2D eigenvalue weighted by atomic mass is 10.3. The molecule has 2 aliphatic heterocycles. The maximum absolute atomic E-state index is 10.9. The molecule has 0 bridgehead atoms. The summed E-state index contributed by atoms with van der Waals surface area (Å²) in [5.41, 5.74) is 0. The fourth-order valence-corrected chi connectivity index (χ4v) is 1.47. The predicted molar refractivity (Wildman–Crippen MR) is 65.1 cm³/mol. The van der Waals surface area contributed by atoms with Crippen LogP contribution in [0.1, 0.15) is 6.42 Å². The molecule has 110 valence electrons. The first-order chi connectivity index (χ1) is 9.28. The number of hydrogen-bond donors (Lipinski definition) is 1. The third-order valence-corrected chi connectivity index (χ3v) is 2.81. The van der Waals surface area contributed by atoms with Crippen molar-refractivity contribution in [3.05, 3.63) is 0 Å². The van der Waals surface area contributed by atoms with E-state index in [1.165, 1.54) is 7.05 Å². The van der Waals surface area contributed by atoms with E-state index in [9.17, 15) is 4.79 Å². The summed E-state index contributed by atoms with van der Waals surface area (Å²) in [6.07, 6.45) is 0.541. The van der Waals surface area contributed by atoms with Crippen LogP contribution in [0.15, 0.2) is 0 Å². The van der Waals surface area contributed by atoms with Crippen molar-refractivity contribution in [1.82, 2.24) is 5.32 Å². The Labute approximate surface area is 112 Å². The number of alkyl carbamates (subject to hydrolysis) is 1. The van der Waals surface area contributed by atoms with Crippen molar-refractivity contribution in [3.8, 4) is 0 Å². The van der Waals surface area contributed by atoms with E-state index in [2.05, 4.69) is 5.32 Å². The molecular formula is C12H21NO6. The molecule has 3 unspecified atom stereocenters. The molecule has 7 nitrogen and oxygen atoms in total. The third-order valence-electron chi connectivity index (χ3n) is 2.81. The monoisotopic (exact) mass is 275 g/mol. The summed E-state index contributed by atoms with van der Waals surface area (Å²) in [7, 11) is 1.53. The number of nitrogens with one attached hydrogen (secondary N) is 1. The molecular weight excluding hydrogens is 254 g/mol. The fourth-order valence-electron chi connectivity index (χ4n) is 1.47. The molecule has 2 saturated heterocycles. The van der Waals surface area contributed by atoms with Crippen LogP contribution < -0.4 is 5.32 Å². The van der Waals surface area contributed by atoms with Gasteiger partial charge in [0.05, 0.1) is 45.7 Å². The Hall–Kier alpha value is -0.890. The number of carbonyl (C=O) groups excluding carboxylic acids is 1. The first-order valence-corrected chi connectivity index (χ1v) is 6.55. The van der Waals surface area contributed by atoms with E-state index in [1.807, 2.05) is 0 Å². The summed E-state index contributed by atoms with van der Waals surface area (Å²) in [6, 6.07) is 0. The molecule has 0 spiro atoms. The molecule has 3 atom stereocenters. The van der Waals surface area contributed by atoms with Crippen molar-refractivity contribution in [2.75, 3.05) is 46.7 Å². The maximum atomic E-state index is 10.9. The SMILES string of the molecule is CNC(=O)OCCC(COCC1CO1)OCC1CO1. The summed E-state index contributed by atoms with van der Waals surface area (Å²) < 4.78 is 26.3. The van der Waals surface area contributed by atoms with Crippen LogP contribution in [0.5, 0.6) is 0 Å². The number of rotatable bonds is 10.